The van der Waals surface area contributed by atoms with Crippen molar-refractivity contribution in [2.45, 2.75) is 18.9 Å². The second-order valence-electron chi connectivity index (χ2n) is 4.96. The number of aldehydes is 1. The number of hydrogen-bond donors (Lipinski definition) is 1. The van der Waals surface area contributed by atoms with Crippen molar-refractivity contribution in [3.63, 3.8) is 0 Å². The topological polar surface area (TPSA) is 64.2 Å². The second-order valence-corrected chi connectivity index (χ2v) is 4.96. The Labute approximate surface area is 115 Å². The van der Waals surface area contributed by atoms with Crippen LogP contribution in [0.3, 0.4) is 0 Å². The van der Waals surface area contributed by atoms with E-state index in [0.29, 0.717) is 17.3 Å². The van der Waals surface area contributed by atoms with Gasteiger partial charge in [-0.3, -0.25) is 4.79 Å². The highest BCUT2D eigenvalue weighted by Gasteiger charge is 2.23. The summed E-state index contributed by atoms with van der Waals surface area (Å²) in [7, 11) is 0. The van der Waals surface area contributed by atoms with Gasteiger partial charge in [-0.2, -0.15) is 9.61 Å². The maximum absolute atomic E-state index is 11.1. The van der Waals surface area contributed by atoms with Crippen LogP contribution in [0.2, 0.25) is 0 Å². The van der Waals surface area contributed by atoms with Crippen LogP contribution in [0.4, 0.5) is 5.82 Å². The first-order valence-corrected chi connectivity index (χ1v) is 6.59. The summed E-state index contributed by atoms with van der Waals surface area (Å²) < 4.78 is 3.61. The monoisotopic (exact) mass is 267 g/mol. The number of fused-ring (bicyclic) bond motifs is 1. The van der Waals surface area contributed by atoms with Crippen LogP contribution < -0.4 is 5.32 Å². The average Bonchev–Trinajstić information content (AvgIpc) is 2.97. The molecule has 3 aromatic rings. The molecule has 6 heteroatoms. The molecular weight excluding hydrogens is 254 g/mol. The van der Waals surface area contributed by atoms with Gasteiger partial charge in [0.05, 0.1) is 11.8 Å². The van der Waals surface area contributed by atoms with E-state index in [-0.39, 0.29) is 0 Å². The molecule has 0 spiro atoms. The Morgan fingerprint density at radius 1 is 1.30 bits per heavy atom. The summed E-state index contributed by atoms with van der Waals surface area (Å²) in [6, 6.07) is 6.34. The minimum Gasteiger partial charge on any atom is -0.367 e. The zero-order valence-electron chi connectivity index (χ0n) is 10.7. The van der Waals surface area contributed by atoms with Gasteiger partial charge in [0, 0.05) is 24.5 Å². The van der Waals surface area contributed by atoms with E-state index in [9.17, 15) is 4.79 Å². The van der Waals surface area contributed by atoms with Crippen molar-refractivity contribution in [1.29, 1.82) is 0 Å². The van der Waals surface area contributed by atoms with Crippen LogP contribution in [0.1, 0.15) is 23.2 Å². The lowest BCUT2D eigenvalue weighted by atomic mass is 10.3. The summed E-state index contributed by atoms with van der Waals surface area (Å²) in [5.74, 6) is 1.64. The normalized spacial score (nSPS) is 14.6. The van der Waals surface area contributed by atoms with Crippen molar-refractivity contribution in [2.75, 3.05) is 5.32 Å². The lowest BCUT2D eigenvalue weighted by Crippen LogP contribution is -2.09. The molecule has 0 aromatic carbocycles. The molecule has 3 heterocycles. The van der Waals surface area contributed by atoms with E-state index in [1.54, 1.807) is 10.7 Å². The second kappa shape index (κ2) is 4.19. The highest BCUT2D eigenvalue weighted by molar-refractivity contribution is 5.84. The maximum atomic E-state index is 11.1. The zero-order valence-corrected chi connectivity index (χ0v) is 10.7. The predicted octanol–water partition coefficient (Wildman–Crippen LogP) is 1.91. The fourth-order valence-electron chi connectivity index (χ4n) is 2.21. The van der Waals surface area contributed by atoms with Crippen LogP contribution in [-0.2, 0) is 0 Å². The van der Waals surface area contributed by atoms with Crippen LogP contribution in [0.15, 0.2) is 36.8 Å². The van der Waals surface area contributed by atoms with Crippen molar-refractivity contribution in [3.8, 4) is 5.82 Å². The third kappa shape index (κ3) is 1.77. The minimum atomic E-state index is 0.498. The summed E-state index contributed by atoms with van der Waals surface area (Å²) in [5.41, 5.74) is 1.08. The third-order valence-corrected chi connectivity index (χ3v) is 3.41. The molecule has 0 unspecified atom stereocenters. The molecule has 0 aliphatic heterocycles. The predicted molar refractivity (Wildman–Crippen MR) is 74.3 cm³/mol. The molecule has 1 aliphatic rings. The molecule has 0 radical (unpaired) electrons. The highest BCUT2D eigenvalue weighted by atomic mass is 16.1. The molecule has 1 N–H and O–H groups in total. The number of nitrogens with one attached hydrogen (secondary N) is 1. The van der Waals surface area contributed by atoms with Crippen molar-refractivity contribution in [2.24, 2.45) is 0 Å². The van der Waals surface area contributed by atoms with E-state index in [1.165, 1.54) is 12.8 Å². The average molecular weight is 267 g/mol. The standard InChI is InChI=1S/C14H13N5O/c20-9-10-8-15-19-13(16-11-3-4-11)7-12(17-14(10)19)18-5-1-2-6-18/h1-2,5-9,11,16H,3-4H2. The van der Waals surface area contributed by atoms with Crippen molar-refractivity contribution in [1.82, 2.24) is 19.2 Å². The van der Waals surface area contributed by atoms with E-state index in [1.807, 2.05) is 35.2 Å². The number of hydrogen-bond acceptors (Lipinski definition) is 4. The Kier molecular flexibility index (Phi) is 2.35. The molecule has 4 rings (SSSR count). The highest BCUT2D eigenvalue weighted by Crippen LogP contribution is 2.26. The number of carbonyl (C=O) groups is 1. The van der Waals surface area contributed by atoms with Gasteiger partial charge in [-0.25, -0.2) is 4.98 Å². The number of rotatable bonds is 4. The number of anilines is 1. The summed E-state index contributed by atoms with van der Waals surface area (Å²) in [6.45, 7) is 0. The van der Waals surface area contributed by atoms with Crippen LogP contribution in [-0.4, -0.2) is 31.5 Å². The van der Waals surface area contributed by atoms with Crippen LogP contribution in [0.25, 0.3) is 11.5 Å². The molecule has 0 bridgehead atoms. The smallest absolute Gasteiger partial charge is 0.170 e. The first-order chi connectivity index (χ1) is 9.85. The Morgan fingerprint density at radius 2 is 2.10 bits per heavy atom. The van der Waals surface area contributed by atoms with Crippen LogP contribution in [0, 0.1) is 0 Å². The summed E-state index contributed by atoms with van der Waals surface area (Å²) in [5, 5.41) is 7.67. The largest absolute Gasteiger partial charge is 0.367 e. The van der Waals surface area contributed by atoms with E-state index >= 15 is 0 Å². The number of aromatic nitrogens is 4. The maximum Gasteiger partial charge on any atom is 0.170 e. The SMILES string of the molecule is O=Cc1cnn2c(NC3CC3)cc(-n3cccc3)nc12. The van der Waals surface area contributed by atoms with Crippen LogP contribution in [0.5, 0.6) is 0 Å². The van der Waals surface area contributed by atoms with Gasteiger partial charge in [0.2, 0.25) is 0 Å². The van der Waals surface area contributed by atoms with Crippen molar-refractivity contribution in [3.05, 3.63) is 42.4 Å². The van der Waals surface area contributed by atoms with Gasteiger partial charge in [-0.15, -0.1) is 0 Å². The molecule has 0 saturated heterocycles. The summed E-state index contributed by atoms with van der Waals surface area (Å²) in [6.07, 6.45) is 8.53. The molecule has 1 fully saturated rings. The molecule has 0 amide bonds. The molecule has 1 aliphatic carbocycles. The van der Waals surface area contributed by atoms with Gasteiger partial charge in [0.1, 0.15) is 11.6 Å². The van der Waals surface area contributed by atoms with E-state index in [0.717, 1.165) is 17.9 Å². The Balaban J connectivity index is 1.93. The fourth-order valence-corrected chi connectivity index (χ4v) is 2.21. The van der Waals surface area contributed by atoms with Gasteiger partial charge in [-0.05, 0) is 25.0 Å². The third-order valence-electron chi connectivity index (χ3n) is 3.41. The Hall–Kier alpha value is -2.63. The zero-order chi connectivity index (χ0) is 13.5. The van der Waals surface area contributed by atoms with Gasteiger partial charge in [-0.1, -0.05) is 0 Å². The molecule has 6 nitrogen and oxygen atoms in total. The molecule has 1 saturated carbocycles. The Morgan fingerprint density at radius 3 is 2.80 bits per heavy atom. The van der Waals surface area contributed by atoms with Gasteiger partial charge in [0.15, 0.2) is 11.9 Å². The van der Waals surface area contributed by atoms with Gasteiger partial charge in [0.25, 0.3) is 0 Å². The number of nitrogens with zero attached hydrogens (tertiary/aromatic N) is 4. The quantitative estimate of drug-likeness (QED) is 0.733. The molecule has 100 valence electrons. The molecule has 0 atom stereocenters. The fraction of sp³-hybridized carbons (Fsp3) is 0.214. The van der Waals surface area contributed by atoms with Crippen LogP contribution >= 0.6 is 0 Å². The lowest BCUT2D eigenvalue weighted by molar-refractivity contribution is 0.112. The van der Waals surface area contributed by atoms with Crippen molar-refractivity contribution < 1.29 is 4.79 Å². The first kappa shape index (κ1) is 11.2. The minimum absolute atomic E-state index is 0.498. The van der Waals surface area contributed by atoms with E-state index < -0.39 is 0 Å². The summed E-state index contributed by atoms with van der Waals surface area (Å²) in [4.78, 5) is 15.6. The lowest BCUT2D eigenvalue weighted by Gasteiger charge is -2.10. The summed E-state index contributed by atoms with van der Waals surface area (Å²) >= 11 is 0. The molecule has 3 aromatic heterocycles. The Bertz CT molecular complexity index is 770. The molecular formula is C14H13N5O. The van der Waals surface area contributed by atoms with Gasteiger partial charge >= 0.3 is 0 Å². The van der Waals surface area contributed by atoms with E-state index in [2.05, 4.69) is 15.4 Å². The molecule has 20 heavy (non-hydrogen) atoms. The van der Waals surface area contributed by atoms with Gasteiger partial charge < -0.3 is 9.88 Å². The number of carbonyl (C=O) groups excluding carboxylic acids is 1. The van der Waals surface area contributed by atoms with E-state index in [4.69, 9.17) is 0 Å². The first-order valence-electron chi connectivity index (χ1n) is 6.59. The van der Waals surface area contributed by atoms with Crippen molar-refractivity contribution >= 4 is 17.8 Å².